The molecule has 0 unspecified atom stereocenters. The van der Waals surface area contributed by atoms with Gasteiger partial charge in [-0.15, -0.1) is 0 Å². The molecule has 1 aliphatic heterocycles. The zero-order valence-electron chi connectivity index (χ0n) is 15.5. The lowest BCUT2D eigenvalue weighted by Gasteiger charge is -2.35. The van der Waals surface area contributed by atoms with Crippen LogP contribution in [0.15, 0.2) is 12.1 Å². The van der Waals surface area contributed by atoms with Crippen LogP contribution in [-0.2, 0) is 9.53 Å². The van der Waals surface area contributed by atoms with Crippen LogP contribution >= 0.6 is 0 Å². The lowest BCUT2D eigenvalue weighted by Crippen LogP contribution is -2.50. The third-order valence-electron chi connectivity index (χ3n) is 4.53. The number of ether oxygens (including phenoxy) is 3. The topological polar surface area (TPSA) is 149 Å². The molecular weight excluding hydrogens is 376 g/mol. The minimum Gasteiger partial charge on any atom is -0.493 e. The van der Waals surface area contributed by atoms with Crippen molar-refractivity contribution >= 4 is 17.6 Å². The molecule has 1 aromatic rings. The molecule has 0 atom stereocenters. The second-order valence-corrected chi connectivity index (χ2v) is 6.25. The third kappa shape index (κ3) is 4.49. The summed E-state index contributed by atoms with van der Waals surface area (Å²) in [6.45, 7) is 0.301. The molecule has 1 amide bonds. The molecule has 11 nitrogen and oxygen atoms in total. The van der Waals surface area contributed by atoms with Gasteiger partial charge in [-0.25, -0.2) is 4.79 Å². The van der Waals surface area contributed by atoms with Crippen molar-refractivity contribution in [2.24, 2.45) is 0 Å². The standard InChI is InChI=1S/C17H22N2O9/c1-26-7-8-28-14-10-12(19(24)25)11(9-13(14)27-2)15(20)18-5-3-17(23,4-6-18)16(21)22/h9-10,23H,3-8H2,1-2H3,(H,21,22). The fourth-order valence-corrected chi connectivity index (χ4v) is 2.84. The molecule has 0 aliphatic carbocycles. The number of nitro groups is 1. The monoisotopic (exact) mass is 398 g/mol. The maximum atomic E-state index is 12.8. The number of nitrogens with zero attached hydrogens (tertiary/aromatic N) is 2. The number of amides is 1. The van der Waals surface area contributed by atoms with Crippen LogP contribution in [-0.4, -0.2) is 78.0 Å². The van der Waals surface area contributed by atoms with E-state index in [1.54, 1.807) is 0 Å². The van der Waals surface area contributed by atoms with Crippen LogP contribution in [0.4, 0.5) is 5.69 Å². The number of aliphatic carboxylic acids is 1. The van der Waals surface area contributed by atoms with Crippen molar-refractivity contribution in [3.05, 3.63) is 27.8 Å². The summed E-state index contributed by atoms with van der Waals surface area (Å²) in [6, 6.07) is 2.33. The van der Waals surface area contributed by atoms with Gasteiger partial charge in [0, 0.05) is 39.1 Å². The number of hydrogen-bond donors (Lipinski definition) is 2. The van der Waals surface area contributed by atoms with Crippen LogP contribution in [0.1, 0.15) is 23.2 Å². The van der Waals surface area contributed by atoms with E-state index in [4.69, 9.17) is 19.3 Å². The van der Waals surface area contributed by atoms with E-state index in [0.29, 0.717) is 0 Å². The van der Waals surface area contributed by atoms with Crippen LogP contribution < -0.4 is 9.47 Å². The molecule has 0 aromatic heterocycles. The Kier molecular flexibility index (Phi) is 6.75. The van der Waals surface area contributed by atoms with Gasteiger partial charge >= 0.3 is 5.97 Å². The van der Waals surface area contributed by atoms with E-state index in [9.17, 15) is 24.8 Å². The van der Waals surface area contributed by atoms with Gasteiger partial charge in [0.15, 0.2) is 17.1 Å². The smallest absolute Gasteiger partial charge is 0.335 e. The number of rotatable bonds is 8. The van der Waals surface area contributed by atoms with Crippen LogP contribution in [0.3, 0.4) is 0 Å². The van der Waals surface area contributed by atoms with E-state index in [-0.39, 0.29) is 56.2 Å². The lowest BCUT2D eigenvalue weighted by molar-refractivity contribution is -0.385. The minimum atomic E-state index is -1.90. The van der Waals surface area contributed by atoms with Crippen molar-refractivity contribution < 1.29 is 38.9 Å². The third-order valence-corrected chi connectivity index (χ3v) is 4.53. The number of likely N-dealkylation sites (tertiary alicyclic amines) is 1. The van der Waals surface area contributed by atoms with Gasteiger partial charge in [-0.05, 0) is 0 Å². The summed E-state index contributed by atoms with van der Waals surface area (Å²) in [5.74, 6) is -1.77. The summed E-state index contributed by atoms with van der Waals surface area (Å²) in [7, 11) is 2.82. The van der Waals surface area contributed by atoms with Gasteiger partial charge < -0.3 is 29.3 Å². The van der Waals surface area contributed by atoms with Crippen LogP contribution in [0.2, 0.25) is 0 Å². The van der Waals surface area contributed by atoms with Crippen LogP contribution in [0, 0.1) is 10.1 Å². The number of methoxy groups -OCH3 is 2. The number of piperidine rings is 1. The first kappa shape index (κ1) is 21.4. The Morgan fingerprint density at radius 2 is 1.86 bits per heavy atom. The van der Waals surface area contributed by atoms with Crippen molar-refractivity contribution in [3.63, 3.8) is 0 Å². The molecule has 1 aromatic carbocycles. The first-order valence-corrected chi connectivity index (χ1v) is 8.46. The largest absolute Gasteiger partial charge is 0.493 e. The molecule has 2 N–H and O–H groups in total. The average Bonchev–Trinajstić information content (AvgIpc) is 2.67. The Bertz CT molecular complexity index is 757. The Labute approximate surface area is 160 Å². The summed E-state index contributed by atoms with van der Waals surface area (Å²) in [5, 5.41) is 30.5. The highest BCUT2D eigenvalue weighted by molar-refractivity contribution is 5.99. The molecule has 28 heavy (non-hydrogen) atoms. The van der Waals surface area contributed by atoms with Gasteiger partial charge in [0.25, 0.3) is 11.6 Å². The van der Waals surface area contributed by atoms with E-state index in [0.717, 1.165) is 6.07 Å². The zero-order valence-corrected chi connectivity index (χ0v) is 15.5. The Morgan fingerprint density at radius 1 is 1.21 bits per heavy atom. The molecule has 0 bridgehead atoms. The molecule has 0 radical (unpaired) electrons. The molecule has 1 heterocycles. The Morgan fingerprint density at radius 3 is 2.36 bits per heavy atom. The van der Waals surface area contributed by atoms with Crippen LogP contribution in [0.5, 0.6) is 11.5 Å². The quantitative estimate of drug-likeness (QED) is 0.366. The van der Waals surface area contributed by atoms with Crippen molar-refractivity contribution in [2.45, 2.75) is 18.4 Å². The van der Waals surface area contributed by atoms with E-state index < -0.39 is 28.1 Å². The molecule has 11 heteroatoms. The maximum Gasteiger partial charge on any atom is 0.335 e. The number of carboxylic acid groups (broad SMARTS) is 1. The molecule has 1 aliphatic rings. The highest BCUT2D eigenvalue weighted by atomic mass is 16.6. The molecule has 0 saturated carbocycles. The first-order chi connectivity index (χ1) is 13.2. The summed E-state index contributed by atoms with van der Waals surface area (Å²) >= 11 is 0. The maximum absolute atomic E-state index is 12.8. The first-order valence-electron chi connectivity index (χ1n) is 8.46. The van der Waals surface area contributed by atoms with Gasteiger partial charge in [0.2, 0.25) is 0 Å². The highest BCUT2D eigenvalue weighted by Gasteiger charge is 2.41. The predicted octanol–water partition coefficient (Wildman–Crippen LogP) is 0.680. The number of hydrogen-bond acceptors (Lipinski definition) is 8. The van der Waals surface area contributed by atoms with Crippen molar-refractivity contribution in [1.82, 2.24) is 4.90 Å². The number of carbonyl (C=O) groups is 2. The molecule has 154 valence electrons. The Balaban J connectivity index is 2.29. The fraction of sp³-hybridized carbons (Fsp3) is 0.529. The van der Waals surface area contributed by atoms with Crippen LogP contribution in [0.25, 0.3) is 0 Å². The summed E-state index contributed by atoms with van der Waals surface area (Å²) in [6.07, 6.45) is -0.339. The van der Waals surface area contributed by atoms with Crippen molar-refractivity contribution in [1.29, 1.82) is 0 Å². The van der Waals surface area contributed by atoms with E-state index in [1.165, 1.54) is 25.2 Å². The van der Waals surface area contributed by atoms with Gasteiger partial charge in [0.05, 0.1) is 24.7 Å². The van der Waals surface area contributed by atoms with Gasteiger partial charge in [-0.1, -0.05) is 0 Å². The fourth-order valence-electron chi connectivity index (χ4n) is 2.84. The number of carbonyl (C=O) groups excluding carboxylic acids is 1. The van der Waals surface area contributed by atoms with E-state index >= 15 is 0 Å². The summed E-state index contributed by atoms with van der Waals surface area (Å²) < 4.78 is 15.5. The Hall–Kier alpha value is -2.92. The lowest BCUT2D eigenvalue weighted by atomic mass is 9.91. The van der Waals surface area contributed by atoms with Crippen molar-refractivity contribution in [2.75, 3.05) is 40.5 Å². The number of aliphatic hydroxyl groups is 1. The van der Waals surface area contributed by atoms with Gasteiger partial charge in [0.1, 0.15) is 12.2 Å². The van der Waals surface area contributed by atoms with Gasteiger partial charge in [-0.2, -0.15) is 0 Å². The predicted molar refractivity (Wildman–Crippen MR) is 94.7 cm³/mol. The minimum absolute atomic E-state index is 0.0484. The normalized spacial score (nSPS) is 15.8. The summed E-state index contributed by atoms with van der Waals surface area (Å²) in [4.78, 5) is 36.0. The number of carboxylic acids is 1. The SMILES string of the molecule is COCCOc1cc([N+](=O)[O-])c(C(=O)N2CCC(O)(C(=O)O)CC2)cc1OC. The van der Waals surface area contributed by atoms with Crippen molar-refractivity contribution in [3.8, 4) is 11.5 Å². The zero-order chi connectivity index (χ0) is 20.9. The average molecular weight is 398 g/mol. The number of benzene rings is 1. The molecule has 0 spiro atoms. The molecule has 2 rings (SSSR count). The highest BCUT2D eigenvalue weighted by Crippen LogP contribution is 2.36. The van der Waals surface area contributed by atoms with E-state index in [2.05, 4.69) is 0 Å². The summed E-state index contributed by atoms with van der Waals surface area (Å²) in [5.41, 5.74) is -2.57. The molecule has 1 fully saturated rings. The molecular formula is C17H22N2O9. The number of nitro benzene ring substituents is 1. The van der Waals surface area contributed by atoms with Gasteiger partial charge in [-0.3, -0.25) is 14.9 Å². The van der Waals surface area contributed by atoms with E-state index in [1.807, 2.05) is 0 Å². The molecule has 1 saturated heterocycles. The second-order valence-electron chi connectivity index (χ2n) is 6.25. The second kappa shape index (κ2) is 8.85.